The third-order valence-corrected chi connectivity index (χ3v) is 4.40. The fraction of sp³-hybridized carbons (Fsp3) is 0.125. The van der Waals surface area contributed by atoms with Gasteiger partial charge in [0.15, 0.2) is 0 Å². The lowest BCUT2D eigenvalue weighted by Gasteiger charge is -2.11. The number of aromatic carboxylic acids is 1. The maximum absolute atomic E-state index is 12.7. The summed E-state index contributed by atoms with van der Waals surface area (Å²) in [5.41, 5.74) is 0.765. The van der Waals surface area contributed by atoms with E-state index in [1.165, 1.54) is 5.38 Å². The van der Waals surface area contributed by atoms with E-state index >= 15 is 0 Å². The Hall–Kier alpha value is -3.00. The molecule has 0 bridgehead atoms. The molecule has 0 amide bonds. The molecule has 0 unspecified atom stereocenters. The molecule has 2 N–H and O–H groups in total. The Morgan fingerprint density at radius 1 is 1.21 bits per heavy atom. The second-order valence-corrected chi connectivity index (χ2v) is 6.08. The van der Waals surface area contributed by atoms with Crippen LogP contribution in [0.5, 0.6) is 0 Å². The summed E-state index contributed by atoms with van der Waals surface area (Å²) in [5.74, 6) is -2.25. The number of aliphatic carboxylic acids is 1. The second kappa shape index (κ2) is 5.89. The van der Waals surface area contributed by atoms with Gasteiger partial charge in [-0.05, 0) is 6.92 Å². The molecule has 0 spiro atoms. The van der Waals surface area contributed by atoms with Crippen molar-refractivity contribution in [3.05, 3.63) is 51.1 Å². The van der Waals surface area contributed by atoms with Crippen LogP contribution in [0.1, 0.15) is 15.9 Å². The first kappa shape index (κ1) is 15.9. The highest BCUT2D eigenvalue weighted by atomic mass is 32.1. The quantitative estimate of drug-likeness (QED) is 0.751. The van der Waals surface area contributed by atoms with Crippen molar-refractivity contribution in [2.45, 2.75) is 13.5 Å². The fourth-order valence-electron chi connectivity index (χ4n) is 2.39. The van der Waals surface area contributed by atoms with E-state index in [1.54, 1.807) is 12.1 Å². The summed E-state index contributed by atoms with van der Waals surface area (Å²) in [6.07, 6.45) is 0. The zero-order chi connectivity index (χ0) is 17.4. The van der Waals surface area contributed by atoms with Crippen molar-refractivity contribution in [2.75, 3.05) is 0 Å². The minimum Gasteiger partial charge on any atom is -0.480 e. The number of rotatable bonds is 4. The number of aryl methyl sites for hydroxylation is 1. The van der Waals surface area contributed by atoms with E-state index in [4.69, 9.17) is 5.11 Å². The SMILES string of the molecule is Cc1ccc(-c2nc3scc(C(=O)O)c3c(=O)n2CC(=O)O)cc1. The van der Waals surface area contributed by atoms with Crippen LogP contribution in [0.25, 0.3) is 21.6 Å². The van der Waals surface area contributed by atoms with Crippen LogP contribution >= 0.6 is 11.3 Å². The van der Waals surface area contributed by atoms with Gasteiger partial charge in [0.05, 0.1) is 10.9 Å². The molecule has 3 aromatic rings. The van der Waals surface area contributed by atoms with Gasteiger partial charge < -0.3 is 10.2 Å². The molecular formula is C16H12N2O5S. The largest absolute Gasteiger partial charge is 0.480 e. The van der Waals surface area contributed by atoms with Crippen molar-refractivity contribution in [1.82, 2.24) is 9.55 Å². The first-order valence-corrected chi connectivity index (χ1v) is 7.80. The monoisotopic (exact) mass is 344 g/mol. The molecule has 0 aliphatic rings. The number of carboxylic acid groups (broad SMARTS) is 2. The maximum Gasteiger partial charge on any atom is 0.337 e. The van der Waals surface area contributed by atoms with Crippen LogP contribution in [-0.4, -0.2) is 31.7 Å². The lowest BCUT2D eigenvalue weighted by molar-refractivity contribution is -0.137. The van der Waals surface area contributed by atoms with E-state index in [0.29, 0.717) is 5.56 Å². The van der Waals surface area contributed by atoms with Gasteiger partial charge in [-0.25, -0.2) is 9.78 Å². The summed E-state index contributed by atoms with van der Waals surface area (Å²) in [6.45, 7) is 1.31. The predicted octanol–water partition coefficient (Wildman–Crippen LogP) is 2.22. The molecule has 0 saturated heterocycles. The number of nitrogens with zero attached hydrogens (tertiary/aromatic N) is 2. The lowest BCUT2D eigenvalue weighted by Crippen LogP contribution is -2.27. The molecule has 7 nitrogen and oxygen atoms in total. The smallest absolute Gasteiger partial charge is 0.337 e. The summed E-state index contributed by atoms with van der Waals surface area (Å²) >= 11 is 1.04. The van der Waals surface area contributed by atoms with Gasteiger partial charge >= 0.3 is 11.9 Å². The number of hydrogen-bond acceptors (Lipinski definition) is 5. The van der Waals surface area contributed by atoms with Crippen molar-refractivity contribution in [2.24, 2.45) is 0 Å². The van der Waals surface area contributed by atoms with Crippen LogP contribution in [0.15, 0.2) is 34.4 Å². The number of fused-ring (bicyclic) bond motifs is 1. The van der Waals surface area contributed by atoms with Crippen molar-refractivity contribution in [3.8, 4) is 11.4 Å². The van der Waals surface area contributed by atoms with Crippen molar-refractivity contribution < 1.29 is 19.8 Å². The van der Waals surface area contributed by atoms with Gasteiger partial charge in [-0.2, -0.15) is 0 Å². The first-order chi connectivity index (χ1) is 11.4. The Morgan fingerprint density at radius 3 is 2.46 bits per heavy atom. The zero-order valence-corrected chi connectivity index (χ0v) is 13.3. The van der Waals surface area contributed by atoms with Gasteiger partial charge in [0.2, 0.25) is 0 Å². The molecule has 0 saturated carbocycles. The molecule has 2 aromatic heterocycles. The van der Waals surface area contributed by atoms with Gasteiger partial charge in [0.25, 0.3) is 5.56 Å². The van der Waals surface area contributed by atoms with Gasteiger partial charge in [-0.3, -0.25) is 14.2 Å². The van der Waals surface area contributed by atoms with Crippen LogP contribution in [0.4, 0.5) is 0 Å². The van der Waals surface area contributed by atoms with Crippen molar-refractivity contribution in [3.63, 3.8) is 0 Å². The van der Waals surface area contributed by atoms with Crippen LogP contribution in [-0.2, 0) is 11.3 Å². The van der Waals surface area contributed by atoms with Crippen molar-refractivity contribution in [1.29, 1.82) is 0 Å². The molecule has 2 heterocycles. The third kappa shape index (κ3) is 2.67. The average molecular weight is 344 g/mol. The summed E-state index contributed by atoms with van der Waals surface area (Å²) in [6, 6.07) is 7.14. The number of benzene rings is 1. The Labute approximate surface area is 139 Å². The van der Waals surface area contributed by atoms with Crippen molar-refractivity contribution >= 4 is 33.5 Å². The molecule has 122 valence electrons. The predicted molar refractivity (Wildman–Crippen MR) is 88.6 cm³/mol. The van der Waals surface area contributed by atoms with E-state index in [9.17, 15) is 19.5 Å². The molecule has 0 radical (unpaired) electrons. The van der Waals surface area contributed by atoms with E-state index in [-0.39, 0.29) is 21.6 Å². The highest BCUT2D eigenvalue weighted by Gasteiger charge is 2.21. The fourth-order valence-corrected chi connectivity index (χ4v) is 3.29. The third-order valence-electron chi connectivity index (χ3n) is 3.53. The average Bonchev–Trinajstić information content (AvgIpc) is 2.95. The summed E-state index contributed by atoms with van der Waals surface area (Å²) in [5, 5.41) is 19.6. The van der Waals surface area contributed by atoms with Gasteiger partial charge in [-0.15, -0.1) is 11.3 Å². The molecule has 0 atom stereocenters. The molecule has 24 heavy (non-hydrogen) atoms. The molecule has 3 rings (SSSR count). The summed E-state index contributed by atoms with van der Waals surface area (Å²) in [4.78, 5) is 39.8. The Kier molecular flexibility index (Phi) is 3.90. The second-order valence-electron chi connectivity index (χ2n) is 5.22. The minimum atomic E-state index is -1.25. The normalized spacial score (nSPS) is 10.9. The summed E-state index contributed by atoms with van der Waals surface area (Å²) in [7, 11) is 0. The molecule has 0 aliphatic carbocycles. The lowest BCUT2D eigenvalue weighted by atomic mass is 10.1. The van der Waals surface area contributed by atoms with E-state index < -0.39 is 24.0 Å². The molecule has 0 fully saturated rings. The van der Waals surface area contributed by atoms with Crippen LogP contribution in [0, 0.1) is 6.92 Å². The Balaban J connectivity index is 2.36. The summed E-state index contributed by atoms with van der Waals surface area (Å²) < 4.78 is 0.995. The standard InChI is InChI=1S/C16H12N2O5S/c1-8-2-4-9(5-3-8)13-17-14-12(10(7-24-14)16(22)23)15(21)18(13)6-11(19)20/h2-5,7H,6H2,1H3,(H,19,20)(H,22,23). The Bertz CT molecular complexity index is 1020. The van der Waals surface area contributed by atoms with E-state index in [1.807, 2.05) is 19.1 Å². The molecule has 1 aromatic carbocycles. The van der Waals surface area contributed by atoms with Gasteiger partial charge in [0, 0.05) is 10.9 Å². The number of thiophene rings is 1. The number of carboxylic acids is 2. The van der Waals surface area contributed by atoms with E-state index in [0.717, 1.165) is 21.5 Å². The topological polar surface area (TPSA) is 109 Å². The number of carbonyl (C=O) groups is 2. The number of aromatic nitrogens is 2. The Morgan fingerprint density at radius 2 is 1.88 bits per heavy atom. The molecule has 0 aliphatic heterocycles. The maximum atomic E-state index is 12.7. The van der Waals surface area contributed by atoms with Gasteiger partial charge in [-0.1, -0.05) is 29.8 Å². The number of hydrogen-bond donors (Lipinski definition) is 2. The highest BCUT2D eigenvalue weighted by Crippen LogP contribution is 2.25. The van der Waals surface area contributed by atoms with Crippen LogP contribution in [0.3, 0.4) is 0 Å². The first-order valence-electron chi connectivity index (χ1n) is 6.92. The van der Waals surface area contributed by atoms with E-state index in [2.05, 4.69) is 4.98 Å². The molecular weight excluding hydrogens is 332 g/mol. The van der Waals surface area contributed by atoms with Gasteiger partial charge in [0.1, 0.15) is 17.2 Å². The zero-order valence-electron chi connectivity index (χ0n) is 12.5. The minimum absolute atomic E-state index is 0.0652. The highest BCUT2D eigenvalue weighted by molar-refractivity contribution is 7.17. The molecule has 8 heteroatoms. The van der Waals surface area contributed by atoms with Crippen LogP contribution in [0.2, 0.25) is 0 Å². The van der Waals surface area contributed by atoms with Crippen LogP contribution < -0.4 is 5.56 Å².